The first kappa shape index (κ1) is 13.3. The van der Waals surface area contributed by atoms with E-state index in [1.165, 1.54) is 15.8 Å². The Bertz CT molecular complexity index is 668. The SMILES string of the molecule is O=C(O)C1CCCN1C(=O)c1cn(-c2ccccc2)nn1. The summed E-state index contributed by atoms with van der Waals surface area (Å²) in [5.41, 5.74) is 0.951. The molecule has 1 atom stereocenters. The molecule has 1 fully saturated rings. The molecule has 108 valence electrons. The van der Waals surface area contributed by atoms with Gasteiger partial charge in [0.15, 0.2) is 5.69 Å². The topological polar surface area (TPSA) is 88.3 Å². The van der Waals surface area contributed by atoms with Crippen LogP contribution >= 0.6 is 0 Å². The summed E-state index contributed by atoms with van der Waals surface area (Å²) < 4.78 is 1.50. The van der Waals surface area contributed by atoms with E-state index >= 15 is 0 Å². The van der Waals surface area contributed by atoms with Gasteiger partial charge in [-0.15, -0.1) is 5.10 Å². The van der Waals surface area contributed by atoms with Gasteiger partial charge in [0.25, 0.3) is 5.91 Å². The van der Waals surface area contributed by atoms with Gasteiger partial charge in [-0.1, -0.05) is 23.4 Å². The van der Waals surface area contributed by atoms with Crippen LogP contribution in [0.3, 0.4) is 0 Å². The van der Waals surface area contributed by atoms with Crippen molar-refractivity contribution in [3.8, 4) is 5.69 Å². The molecule has 1 saturated heterocycles. The second kappa shape index (κ2) is 5.35. The molecule has 0 bridgehead atoms. The average Bonchev–Trinajstić information content (AvgIpc) is 3.17. The van der Waals surface area contributed by atoms with E-state index in [1.807, 2.05) is 30.3 Å². The van der Waals surface area contributed by atoms with Crippen LogP contribution in [0.2, 0.25) is 0 Å². The number of hydrogen-bond acceptors (Lipinski definition) is 4. The first-order valence-electron chi connectivity index (χ1n) is 6.68. The number of rotatable bonds is 3. The lowest BCUT2D eigenvalue weighted by Gasteiger charge is -2.19. The standard InChI is InChI=1S/C14H14N4O3/c19-13(17-8-4-7-12(17)14(20)21)11-9-18(16-15-11)10-5-2-1-3-6-10/h1-3,5-6,9,12H,4,7-8H2,(H,20,21). The number of likely N-dealkylation sites (tertiary alicyclic amines) is 1. The number of benzene rings is 1. The molecule has 3 rings (SSSR count). The largest absolute Gasteiger partial charge is 0.480 e. The van der Waals surface area contributed by atoms with Crippen molar-refractivity contribution in [1.29, 1.82) is 0 Å². The highest BCUT2D eigenvalue weighted by molar-refractivity contribution is 5.95. The van der Waals surface area contributed by atoms with Crippen molar-refractivity contribution in [3.63, 3.8) is 0 Å². The number of carboxylic acid groups (broad SMARTS) is 1. The second-order valence-electron chi connectivity index (χ2n) is 4.88. The summed E-state index contributed by atoms with van der Waals surface area (Å²) in [6.07, 6.45) is 2.69. The number of carbonyl (C=O) groups excluding carboxylic acids is 1. The zero-order chi connectivity index (χ0) is 14.8. The van der Waals surface area contributed by atoms with E-state index in [9.17, 15) is 9.59 Å². The van der Waals surface area contributed by atoms with Crippen molar-refractivity contribution in [1.82, 2.24) is 19.9 Å². The highest BCUT2D eigenvalue weighted by Crippen LogP contribution is 2.19. The van der Waals surface area contributed by atoms with Crippen molar-refractivity contribution in [3.05, 3.63) is 42.2 Å². The van der Waals surface area contributed by atoms with Gasteiger partial charge in [-0.3, -0.25) is 4.79 Å². The predicted molar refractivity (Wildman–Crippen MR) is 73.1 cm³/mol. The third kappa shape index (κ3) is 2.49. The van der Waals surface area contributed by atoms with Crippen molar-refractivity contribution in [2.45, 2.75) is 18.9 Å². The van der Waals surface area contributed by atoms with Crippen LogP contribution in [-0.4, -0.2) is 49.5 Å². The van der Waals surface area contributed by atoms with Gasteiger partial charge in [0, 0.05) is 6.54 Å². The van der Waals surface area contributed by atoms with Crippen molar-refractivity contribution in [2.24, 2.45) is 0 Å². The number of nitrogens with zero attached hydrogens (tertiary/aromatic N) is 4. The van der Waals surface area contributed by atoms with E-state index in [0.717, 1.165) is 5.69 Å². The molecule has 1 aliphatic rings. The van der Waals surface area contributed by atoms with Gasteiger partial charge in [0.2, 0.25) is 0 Å². The van der Waals surface area contributed by atoms with Gasteiger partial charge in [0.1, 0.15) is 6.04 Å². The molecule has 1 aromatic heterocycles. The summed E-state index contributed by atoms with van der Waals surface area (Å²) in [6, 6.07) is 8.53. The summed E-state index contributed by atoms with van der Waals surface area (Å²) in [5.74, 6) is -1.36. The molecule has 1 amide bonds. The van der Waals surface area contributed by atoms with Crippen LogP contribution in [0.5, 0.6) is 0 Å². The summed E-state index contributed by atoms with van der Waals surface area (Å²) in [5, 5.41) is 16.9. The fourth-order valence-electron chi connectivity index (χ4n) is 2.48. The maximum Gasteiger partial charge on any atom is 0.326 e. The van der Waals surface area contributed by atoms with Gasteiger partial charge in [-0.05, 0) is 25.0 Å². The molecule has 1 aliphatic heterocycles. The van der Waals surface area contributed by atoms with Crippen LogP contribution < -0.4 is 0 Å². The third-order valence-corrected chi connectivity index (χ3v) is 3.53. The smallest absolute Gasteiger partial charge is 0.326 e. The molecule has 2 aromatic rings. The molecule has 0 radical (unpaired) electrons. The van der Waals surface area contributed by atoms with Crippen LogP contribution in [-0.2, 0) is 4.79 Å². The highest BCUT2D eigenvalue weighted by Gasteiger charge is 2.35. The number of aromatic nitrogens is 3. The zero-order valence-corrected chi connectivity index (χ0v) is 11.2. The number of carboxylic acids is 1. The van der Waals surface area contributed by atoms with Crippen LogP contribution in [0.15, 0.2) is 36.5 Å². The molecule has 1 N–H and O–H groups in total. The Morgan fingerprint density at radius 3 is 2.71 bits per heavy atom. The number of aliphatic carboxylic acids is 1. The number of amides is 1. The molecule has 0 saturated carbocycles. The lowest BCUT2D eigenvalue weighted by atomic mass is 10.2. The fraction of sp³-hybridized carbons (Fsp3) is 0.286. The Kier molecular flexibility index (Phi) is 3.39. The molecule has 1 unspecified atom stereocenters. The summed E-state index contributed by atoms with van der Waals surface area (Å²) in [6.45, 7) is 0.438. The quantitative estimate of drug-likeness (QED) is 0.907. The predicted octanol–water partition coefficient (Wildman–Crippen LogP) is 0.956. The summed E-state index contributed by atoms with van der Waals surface area (Å²) in [4.78, 5) is 24.8. The van der Waals surface area contributed by atoms with Gasteiger partial charge in [-0.25, -0.2) is 9.48 Å². The molecule has 1 aromatic carbocycles. The fourth-order valence-corrected chi connectivity index (χ4v) is 2.48. The summed E-state index contributed by atoms with van der Waals surface area (Å²) in [7, 11) is 0. The van der Waals surface area contributed by atoms with E-state index in [4.69, 9.17) is 5.11 Å². The Labute approximate surface area is 120 Å². The number of hydrogen-bond donors (Lipinski definition) is 1. The molecule has 2 heterocycles. The van der Waals surface area contributed by atoms with Crippen molar-refractivity contribution < 1.29 is 14.7 Å². The Morgan fingerprint density at radius 2 is 2.00 bits per heavy atom. The van der Waals surface area contributed by atoms with Crippen LogP contribution in [0.1, 0.15) is 23.3 Å². The molecule has 0 spiro atoms. The molecule has 0 aliphatic carbocycles. The van der Waals surface area contributed by atoms with E-state index in [-0.39, 0.29) is 11.6 Å². The van der Waals surface area contributed by atoms with E-state index in [1.54, 1.807) is 0 Å². The van der Waals surface area contributed by atoms with Gasteiger partial charge in [0.05, 0.1) is 11.9 Å². The first-order valence-corrected chi connectivity index (χ1v) is 6.68. The Hall–Kier alpha value is -2.70. The lowest BCUT2D eigenvalue weighted by Crippen LogP contribution is -2.40. The maximum absolute atomic E-state index is 12.4. The van der Waals surface area contributed by atoms with Gasteiger partial charge < -0.3 is 10.0 Å². The molecule has 21 heavy (non-hydrogen) atoms. The minimum atomic E-state index is -0.976. The first-order chi connectivity index (χ1) is 10.2. The summed E-state index contributed by atoms with van der Waals surface area (Å²) >= 11 is 0. The number of carbonyl (C=O) groups is 2. The molecule has 7 heteroatoms. The monoisotopic (exact) mass is 286 g/mol. The Morgan fingerprint density at radius 1 is 1.24 bits per heavy atom. The third-order valence-electron chi connectivity index (χ3n) is 3.53. The second-order valence-corrected chi connectivity index (χ2v) is 4.88. The highest BCUT2D eigenvalue weighted by atomic mass is 16.4. The number of para-hydroxylation sites is 1. The minimum absolute atomic E-state index is 0.159. The normalized spacial score (nSPS) is 17.9. The van der Waals surface area contributed by atoms with E-state index < -0.39 is 12.0 Å². The van der Waals surface area contributed by atoms with Crippen molar-refractivity contribution in [2.75, 3.05) is 6.54 Å². The minimum Gasteiger partial charge on any atom is -0.480 e. The zero-order valence-electron chi connectivity index (χ0n) is 11.2. The average molecular weight is 286 g/mol. The molecule has 7 nitrogen and oxygen atoms in total. The van der Waals surface area contributed by atoms with Crippen LogP contribution in [0.25, 0.3) is 5.69 Å². The van der Waals surface area contributed by atoms with Crippen molar-refractivity contribution >= 4 is 11.9 Å². The van der Waals surface area contributed by atoms with Crippen LogP contribution in [0.4, 0.5) is 0 Å². The van der Waals surface area contributed by atoms with E-state index in [0.29, 0.717) is 19.4 Å². The van der Waals surface area contributed by atoms with Gasteiger partial charge in [-0.2, -0.15) is 0 Å². The maximum atomic E-state index is 12.4. The van der Waals surface area contributed by atoms with Gasteiger partial charge >= 0.3 is 5.97 Å². The lowest BCUT2D eigenvalue weighted by molar-refractivity contribution is -0.141. The molecular weight excluding hydrogens is 272 g/mol. The van der Waals surface area contributed by atoms with E-state index in [2.05, 4.69) is 10.3 Å². The van der Waals surface area contributed by atoms with Crippen LogP contribution in [0, 0.1) is 0 Å². The molecular formula is C14H14N4O3. The Balaban J connectivity index is 1.83.